The van der Waals surface area contributed by atoms with Gasteiger partial charge in [0.2, 0.25) is 17.7 Å². The third-order valence-electron chi connectivity index (χ3n) is 6.20. The molecule has 2 fully saturated rings. The summed E-state index contributed by atoms with van der Waals surface area (Å²) in [5.41, 5.74) is 1.33. The summed E-state index contributed by atoms with van der Waals surface area (Å²) >= 11 is 0. The van der Waals surface area contributed by atoms with Crippen LogP contribution in [0.15, 0.2) is 12.1 Å². The van der Waals surface area contributed by atoms with Gasteiger partial charge in [-0.05, 0) is 44.6 Å². The fourth-order valence-electron chi connectivity index (χ4n) is 4.33. The van der Waals surface area contributed by atoms with Crippen molar-refractivity contribution in [3.8, 4) is 11.8 Å². The number of carbonyl (C=O) groups is 1. The van der Waals surface area contributed by atoms with Gasteiger partial charge in [0.05, 0.1) is 19.6 Å². The lowest BCUT2D eigenvalue weighted by atomic mass is 9.67. The summed E-state index contributed by atoms with van der Waals surface area (Å²) < 4.78 is 11.5. The van der Waals surface area contributed by atoms with Crippen LogP contribution in [-0.4, -0.2) is 53.8 Å². The number of aliphatic hydroxyl groups excluding tert-OH is 1. The highest BCUT2D eigenvalue weighted by molar-refractivity contribution is 5.80. The molecule has 0 unspecified atom stereocenters. The Kier molecular flexibility index (Phi) is 6.25. The lowest BCUT2D eigenvalue weighted by molar-refractivity contribution is -0.152. The maximum Gasteiger partial charge on any atom is 0.228 e. The number of aliphatic hydroxyl groups is 1. The Balaban J connectivity index is 1.50. The second-order valence-electron chi connectivity index (χ2n) is 7.97. The van der Waals surface area contributed by atoms with Crippen LogP contribution in [-0.2, 0) is 11.2 Å². The van der Waals surface area contributed by atoms with Gasteiger partial charge in [-0.2, -0.15) is 4.98 Å². The minimum atomic E-state index is -0.242. The predicted molar refractivity (Wildman–Crippen MR) is 103 cm³/mol. The maximum atomic E-state index is 12.4. The Labute approximate surface area is 161 Å². The van der Waals surface area contributed by atoms with E-state index < -0.39 is 0 Å². The van der Waals surface area contributed by atoms with Crippen LogP contribution in [0.3, 0.4) is 0 Å². The molecule has 1 aliphatic heterocycles. The average Bonchev–Trinajstić information content (AvgIpc) is 2.67. The Bertz CT molecular complexity index is 644. The van der Waals surface area contributed by atoms with Crippen LogP contribution in [0.1, 0.15) is 51.5 Å². The molecule has 27 heavy (non-hydrogen) atoms. The first-order valence-electron chi connectivity index (χ1n) is 10.1. The minimum absolute atomic E-state index is 0.0535. The topological polar surface area (TPSA) is 71.9 Å². The van der Waals surface area contributed by atoms with Crippen molar-refractivity contribution in [1.29, 1.82) is 0 Å². The van der Waals surface area contributed by atoms with Gasteiger partial charge < -0.3 is 19.5 Å². The van der Waals surface area contributed by atoms with Gasteiger partial charge in [-0.3, -0.25) is 4.79 Å². The third kappa shape index (κ3) is 4.21. The lowest BCUT2D eigenvalue weighted by Crippen LogP contribution is -2.61. The Morgan fingerprint density at radius 1 is 1.33 bits per heavy atom. The highest BCUT2D eigenvalue weighted by atomic mass is 16.5. The Morgan fingerprint density at radius 3 is 2.59 bits per heavy atom. The van der Waals surface area contributed by atoms with E-state index in [2.05, 4.69) is 11.9 Å². The second kappa shape index (κ2) is 8.46. The first-order chi connectivity index (χ1) is 13.0. The number of nitrogens with zero attached hydrogens (tertiary/aromatic N) is 2. The van der Waals surface area contributed by atoms with E-state index in [1.165, 1.54) is 0 Å². The van der Waals surface area contributed by atoms with Crippen molar-refractivity contribution in [2.45, 2.75) is 58.5 Å². The Hall–Kier alpha value is -1.82. The summed E-state index contributed by atoms with van der Waals surface area (Å²) in [5.74, 6) is 1.14. The summed E-state index contributed by atoms with van der Waals surface area (Å²) in [4.78, 5) is 18.8. The first-order valence-corrected chi connectivity index (χ1v) is 10.1. The number of pyridine rings is 1. The molecule has 1 aliphatic carbocycles. The number of hydrogen-bond acceptors (Lipinski definition) is 5. The SMILES string of the molecule is CCc1ccc(OC2CCC3(CC2)CN(C(=O)[C@H](CC)CO)C3)nc1OC. The monoisotopic (exact) mass is 376 g/mol. The molecule has 1 spiro atoms. The van der Waals surface area contributed by atoms with Crippen molar-refractivity contribution < 1.29 is 19.4 Å². The van der Waals surface area contributed by atoms with E-state index in [-0.39, 0.29) is 30.0 Å². The molecular weight excluding hydrogens is 344 g/mol. The standard InChI is InChI=1S/C21H32N2O4/c1-4-15-6-7-18(22-19(15)26-3)27-17-8-10-21(11-9-17)13-23(14-21)20(25)16(5-2)12-24/h6-7,16-17,24H,4-5,8-14H2,1-3H3/t16-/m1/s1. The normalized spacial score (nSPS) is 20.2. The summed E-state index contributed by atoms with van der Waals surface area (Å²) in [6.45, 7) is 5.63. The molecule has 1 N–H and O–H groups in total. The lowest BCUT2D eigenvalue weighted by Gasteiger charge is -2.54. The van der Waals surface area contributed by atoms with Gasteiger partial charge in [-0.15, -0.1) is 0 Å². The molecule has 1 atom stereocenters. The molecule has 0 bridgehead atoms. The molecule has 0 radical (unpaired) electrons. The van der Waals surface area contributed by atoms with E-state index in [0.717, 1.165) is 50.8 Å². The molecule has 1 saturated carbocycles. The van der Waals surface area contributed by atoms with Crippen LogP contribution in [0.2, 0.25) is 0 Å². The van der Waals surface area contributed by atoms with E-state index in [0.29, 0.717) is 18.2 Å². The molecule has 6 heteroatoms. The molecule has 150 valence electrons. The predicted octanol–water partition coefficient (Wildman–Crippen LogP) is 2.82. The quantitative estimate of drug-likeness (QED) is 0.792. The molecule has 3 rings (SSSR count). The van der Waals surface area contributed by atoms with Crippen LogP contribution in [0.5, 0.6) is 11.8 Å². The zero-order valence-corrected chi connectivity index (χ0v) is 16.7. The number of hydrogen-bond donors (Lipinski definition) is 1. The molecule has 2 aliphatic rings. The van der Waals surface area contributed by atoms with Crippen molar-refractivity contribution in [2.75, 3.05) is 26.8 Å². The number of aryl methyl sites for hydroxylation is 1. The maximum absolute atomic E-state index is 12.4. The first kappa shape index (κ1) is 19.9. The summed E-state index contributed by atoms with van der Waals surface area (Å²) in [7, 11) is 1.64. The van der Waals surface area contributed by atoms with E-state index in [4.69, 9.17) is 9.47 Å². The van der Waals surface area contributed by atoms with Crippen LogP contribution in [0.4, 0.5) is 0 Å². The van der Waals surface area contributed by atoms with Gasteiger partial charge in [-0.25, -0.2) is 0 Å². The van der Waals surface area contributed by atoms with Gasteiger partial charge in [0.1, 0.15) is 6.10 Å². The van der Waals surface area contributed by atoms with Crippen molar-refractivity contribution in [2.24, 2.45) is 11.3 Å². The van der Waals surface area contributed by atoms with Gasteiger partial charge in [0, 0.05) is 30.1 Å². The van der Waals surface area contributed by atoms with Gasteiger partial charge >= 0.3 is 0 Å². The van der Waals surface area contributed by atoms with Crippen molar-refractivity contribution in [3.05, 3.63) is 17.7 Å². The van der Waals surface area contributed by atoms with Crippen LogP contribution in [0.25, 0.3) is 0 Å². The molecule has 1 saturated heterocycles. The number of likely N-dealkylation sites (tertiary alicyclic amines) is 1. The smallest absolute Gasteiger partial charge is 0.228 e. The number of methoxy groups -OCH3 is 1. The number of aromatic nitrogens is 1. The molecule has 1 aromatic heterocycles. The number of rotatable bonds is 7. The van der Waals surface area contributed by atoms with Crippen molar-refractivity contribution in [3.63, 3.8) is 0 Å². The zero-order valence-electron chi connectivity index (χ0n) is 16.7. The summed E-state index contributed by atoms with van der Waals surface area (Å²) in [5, 5.41) is 9.33. The highest BCUT2D eigenvalue weighted by Gasteiger charge is 2.48. The molecular formula is C21H32N2O4. The average molecular weight is 376 g/mol. The summed E-state index contributed by atoms with van der Waals surface area (Å²) in [6, 6.07) is 3.95. The Morgan fingerprint density at radius 2 is 2.04 bits per heavy atom. The van der Waals surface area contributed by atoms with Gasteiger partial charge in [-0.1, -0.05) is 13.8 Å². The fourth-order valence-corrected chi connectivity index (χ4v) is 4.33. The van der Waals surface area contributed by atoms with Crippen LogP contribution < -0.4 is 9.47 Å². The van der Waals surface area contributed by atoms with E-state index >= 15 is 0 Å². The van der Waals surface area contributed by atoms with Gasteiger partial charge in [0.25, 0.3) is 0 Å². The number of carbonyl (C=O) groups excluding carboxylic acids is 1. The largest absolute Gasteiger partial charge is 0.481 e. The van der Waals surface area contributed by atoms with Crippen LogP contribution >= 0.6 is 0 Å². The second-order valence-corrected chi connectivity index (χ2v) is 7.97. The van der Waals surface area contributed by atoms with Crippen LogP contribution in [0, 0.1) is 11.3 Å². The van der Waals surface area contributed by atoms with Crippen molar-refractivity contribution >= 4 is 5.91 Å². The molecule has 1 aromatic rings. The van der Waals surface area contributed by atoms with Gasteiger partial charge in [0.15, 0.2) is 0 Å². The number of amides is 1. The van der Waals surface area contributed by atoms with E-state index in [1.54, 1.807) is 7.11 Å². The molecule has 0 aromatic carbocycles. The van der Waals surface area contributed by atoms with E-state index in [1.807, 2.05) is 24.0 Å². The number of ether oxygens (including phenoxy) is 2. The fraction of sp³-hybridized carbons (Fsp3) is 0.714. The highest BCUT2D eigenvalue weighted by Crippen LogP contribution is 2.45. The summed E-state index contributed by atoms with van der Waals surface area (Å²) in [6.07, 6.45) is 5.86. The molecule has 6 nitrogen and oxygen atoms in total. The molecule has 1 amide bonds. The minimum Gasteiger partial charge on any atom is -0.481 e. The zero-order chi connectivity index (χ0) is 19.4. The van der Waals surface area contributed by atoms with Crippen molar-refractivity contribution in [1.82, 2.24) is 9.88 Å². The van der Waals surface area contributed by atoms with E-state index in [9.17, 15) is 9.90 Å². The molecule has 2 heterocycles. The third-order valence-corrected chi connectivity index (χ3v) is 6.20.